The van der Waals surface area contributed by atoms with E-state index in [1.807, 2.05) is 18.2 Å². The van der Waals surface area contributed by atoms with Gasteiger partial charge in [0.15, 0.2) is 9.84 Å². The molecule has 8 heteroatoms. The first kappa shape index (κ1) is 21.1. The number of fused-ring (bicyclic) bond motifs is 1. The third kappa shape index (κ3) is 4.44. The van der Waals surface area contributed by atoms with Crippen LogP contribution in [0.5, 0.6) is 0 Å². The maximum atomic E-state index is 12.9. The minimum atomic E-state index is -3.40. The molecule has 0 aliphatic carbocycles. The highest BCUT2D eigenvalue weighted by Crippen LogP contribution is 2.37. The second-order valence-electron chi connectivity index (χ2n) is 7.29. The number of nitrogens with one attached hydrogen (secondary N) is 1. The molecular weight excluding hydrogens is 440 g/mol. The number of amides is 1. The lowest BCUT2D eigenvalue weighted by molar-refractivity contribution is -0.117. The Morgan fingerprint density at radius 1 is 1.20 bits per heavy atom. The number of halogens is 1. The van der Waals surface area contributed by atoms with Crippen LogP contribution in [-0.2, 0) is 21.1 Å². The van der Waals surface area contributed by atoms with Crippen molar-refractivity contribution in [3.05, 3.63) is 81.0 Å². The average Bonchev–Trinajstić information content (AvgIpc) is 3.18. The van der Waals surface area contributed by atoms with Gasteiger partial charge in [-0.1, -0.05) is 41.9 Å². The number of anilines is 1. The third-order valence-electron chi connectivity index (χ3n) is 5.17. The van der Waals surface area contributed by atoms with Crippen molar-refractivity contribution in [1.82, 2.24) is 4.90 Å². The van der Waals surface area contributed by atoms with Crippen LogP contribution in [0.2, 0.25) is 5.02 Å². The number of hydrogen-bond donors (Lipinski definition) is 1. The van der Waals surface area contributed by atoms with Gasteiger partial charge < -0.3 is 5.32 Å². The number of hydrogen-bond acceptors (Lipinski definition) is 5. The van der Waals surface area contributed by atoms with Crippen LogP contribution in [0.3, 0.4) is 0 Å². The predicted octanol–water partition coefficient (Wildman–Crippen LogP) is 4.39. The highest BCUT2D eigenvalue weighted by Gasteiger charge is 2.30. The zero-order valence-electron chi connectivity index (χ0n) is 16.3. The number of nitrogens with zero attached hydrogens (tertiary/aromatic N) is 1. The summed E-state index contributed by atoms with van der Waals surface area (Å²) in [5.41, 5.74) is 2.68. The summed E-state index contributed by atoms with van der Waals surface area (Å²) in [7, 11) is -3.40. The Bertz CT molecular complexity index is 1180. The lowest BCUT2D eigenvalue weighted by Crippen LogP contribution is -2.40. The maximum absolute atomic E-state index is 12.9. The van der Waals surface area contributed by atoms with E-state index in [2.05, 4.69) is 33.8 Å². The molecule has 156 valence electrons. The minimum Gasteiger partial charge on any atom is -0.324 e. The molecule has 0 spiro atoms. The number of sulfone groups is 1. The van der Waals surface area contributed by atoms with Crippen LogP contribution in [0.4, 0.5) is 5.69 Å². The number of benzene rings is 2. The molecule has 1 aromatic heterocycles. The molecule has 0 saturated carbocycles. The summed E-state index contributed by atoms with van der Waals surface area (Å²) in [5.74, 6) is -0.234. The van der Waals surface area contributed by atoms with Gasteiger partial charge in [-0.3, -0.25) is 9.69 Å². The third-order valence-corrected chi connectivity index (χ3v) is 7.60. The van der Waals surface area contributed by atoms with Crippen LogP contribution < -0.4 is 5.32 Å². The number of carbonyl (C=O) groups is 1. The Morgan fingerprint density at radius 2 is 1.97 bits per heavy atom. The molecule has 1 aliphatic rings. The predicted molar refractivity (Wildman–Crippen MR) is 121 cm³/mol. The van der Waals surface area contributed by atoms with Gasteiger partial charge >= 0.3 is 0 Å². The van der Waals surface area contributed by atoms with Crippen molar-refractivity contribution in [2.24, 2.45) is 0 Å². The molecule has 1 amide bonds. The van der Waals surface area contributed by atoms with Crippen LogP contribution in [0.15, 0.2) is 64.9 Å². The number of rotatable bonds is 5. The van der Waals surface area contributed by atoms with Crippen molar-refractivity contribution in [2.75, 3.05) is 24.7 Å². The Morgan fingerprint density at radius 3 is 2.70 bits per heavy atom. The van der Waals surface area contributed by atoms with Crippen molar-refractivity contribution < 1.29 is 13.2 Å². The number of carbonyl (C=O) groups excluding carboxylic acids is 1. The SMILES string of the molecule is CS(=O)(=O)c1ccc(Cl)c(NC(=O)CN2CCc3sccc3C2c2ccccc2)c1. The van der Waals surface area contributed by atoms with E-state index in [0.29, 0.717) is 10.7 Å². The molecule has 0 fully saturated rings. The fourth-order valence-corrected chi connectivity index (χ4v) is 5.49. The molecule has 2 aromatic carbocycles. The normalized spacial score (nSPS) is 16.8. The highest BCUT2D eigenvalue weighted by atomic mass is 35.5. The van der Waals surface area contributed by atoms with Gasteiger partial charge in [-0.05, 0) is 47.2 Å². The molecule has 1 unspecified atom stereocenters. The summed E-state index contributed by atoms with van der Waals surface area (Å²) < 4.78 is 23.7. The zero-order chi connectivity index (χ0) is 21.3. The van der Waals surface area contributed by atoms with E-state index in [9.17, 15) is 13.2 Å². The van der Waals surface area contributed by atoms with Crippen LogP contribution in [-0.4, -0.2) is 38.6 Å². The van der Waals surface area contributed by atoms with Crippen molar-refractivity contribution in [2.45, 2.75) is 17.4 Å². The van der Waals surface area contributed by atoms with Crippen molar-refractivity contribution in [1.29, 1.82) is 0 Å². The van der Waals surface area contributed by atoms with Crippen molar-refractivity contribution in [3.63, 3.8) is 0 Å². The molecule has 0 saturated heterocycles. The lowest BCUT2D eigenvalue weighted by Gasteiger charge is -2.35. The maximum Gasteiger partial charge on any atom is 0.238 e. The molecule has 5 nitrogen and oxygen atoms in total. The van der Waals surface area contributed by atoms with Crippen molar-refractivity contribution in [3.8, 4) is 0 Å². The first-order valence-corrected chi connectivity index (χ1v) is 12.6. The van der Waals surface area contributed by atoms with Crippen LogP contribution >= 0.6 is 22.9 Å². The van der Waals surface area contributed by atoms with Crippen LogP contribution in [0.25, 0.3) is 0 Å². The summed E-state index contributed by atoms with van der Waals surface area (Å²) >= 11 is 7.94. The quantitative estimate of drug-likeness (QED) is 0.613. The van der Waals surface area contributed by atoms with E-state index in [1.54, 1.807) is 11.3 Å². The summed E-state index contributed by atoms with van der Waals surface area (Å²) in [6, 6.07) is 16.6. The Balaban J connectivity index is 1.57. The van der Waals surface area contributed by atoms with Crippen molar-refractivity contribution >= 4 is 44.4 Å². The molecule has 1 aliphatic heterocycles. The first-order chi connectivity index (χ1) is 14.3. The first-order valence-electron chi connectivity index (χ1n) is 9.47. The van der Waals surface area contributed by atoms with Gasteiger partial charge in [-0.2, -0.15) is 0 Å². The van der Waals surface area contributed by atoms with E-state index in [1.165, 1.54) is 28.6 Å². The average molecular weight is 461 g/mol. The fraction of sp³-hybridized carbons (Fsp3) is 0.227. The Hall–Kier alpha value is -2.19. The molecule has 1 N–H and O–H groups in total. The molecule has 0 bridgehead atoms. The second kappa shape index (κ2) is 8.51. The summed E-state index contributed by atoms with van der Waals surface area (Å²) in [5, 5.41) is 5.18. The van der Waals surface area contributed by atoms with E-state index in [0.717, 1.165) is 24.8 Å². The number of thiophene rings is 1. The van der Waals surface area contributed by atoms with Crippen LogP contribution in [0, 0.1) is 0 Å². The summed E-state index contributed by atoms with van der Waals surface area (Å²) in [6.07, 6.45) is 2.02. The van der Waals surface area contributed by atoms with E-state index in [-0.39, 0.29) is 23.4 Å². The fourth-order valence-electron chi connectivity index (χ4n) is 3.77. The Kier molecular flexibility index (Phi) is 5.97. The minimum absolute atomic E-state index is 0.00442. The van der Waals surface area contributed by atoms with E-state index >= 15 is 0 Å². The molecule has 0 radical (unpaired) electrons. The van der Waals surface area contributed by atoms with Gasteiger partial charge in [-0.25, -0.2) is 8.42 Å². The molecule has 3 aromatic rings. The molecule has 1 atom stereocenters. The van der Waals surface area contributed by atoms with Gasteiger partial charge in [0, 0.05) is 17.7 Å². The zero-order valence-corrected chi connectivity index (χ0v) is 18.7. The van der Waals surface area contributed by atoms with Gasteiger partial charge in [0.25, 0.3) is 0 Å². The standard InChI is InChI=1S/C22H21ClN2O3S2/c1-30(27,28)16-7-8-18(23)19(13-16)24-21(26)14-25-11-9-20-17(10-12-29-20)22(25)15-5-3-2-4-6-15/h2-8,10,12-13,22H,9,11,14H2,1H3,(H,24,26). The lowest BCUT2D eigenvalue weighted by atomic mass is 9.93. The molecule has 30 heavy (non-hydrogen) atoms. The van der Waals surface area contributed by atoms with Gasteiger partial charge in [0.2, 0.25) is 5.91 Å². The molecule has 4 rings (SSSR count). The largest absolute Gasteiger partial charge is 0.324 e. The van der Waals surface area contributed by atoms with Crippen LogP contribution in [0.1, 0.15) is 22.0 Å². The topological polar surface area (TPSA) is 66.5 Å². The van der Waals surface area contributed by atoms with Gasteiger partial charge in [0.1, 0.15) is 0 Å². The van der Waals surface area contributed by atoms with E-state index in [4.69, 9.17) is 11.6 Å². The monoisotopic (exact) mass is 460 g/mol. The summed E-state index contributed by atoms with van der Waals surface area (Å²) in [4.78, 5) is 16.5. The smallest absolute Gasteiger partial charge is 0.238 e. The van der Waals surface area contributed by atoms with Gasteiger partial charge in [-0.15, -0.1) is 11.3 Å². The molecule has 2 heterocycles. The Labute approximate surface area is 185 Å². The highest BCUT2D eigenvalue weighted by molar-refractivity contribution is 7.90. The summed E-state index contributed by atoms with van der Waals surface area (Å²) in [6.45, 7) is 0.936. The second-order valence-corrected chi connectivity index (χ2v) is 10.7. The molecular formula is C22H21ClN2O3S2. The van der Waals surface area contributed by atoms with Gasteiger partial charge in [0.05, 0.1) is 28.2 Å². The van der Waals surface area contributed by atoms with E-state index < -0.39 is 9.84 Å².